The van der Waals surface area contributed by atoms with Gasteiger partial charge in [0.2, 0.25) is 0 Å². The van der Waals surface area contributed by atoms with Gasteiger partial charge in [0, 0.05) is 11.1 Å². The van der Waals surface area contributed by atoms with E-state index < -0.39 is 5.97 Å². The van der Waals surface area contributed by atoms with E-state index in [0.717, 1.165) is 11.1 Å². The SMILES string of the molecule is COC(=O)c1cccc(-c2onc(Cl)c2C)c1. The Labute approximate surface area is 103 Å². The Morgan fingerprint density at radius 2 is 2.24 bits per heavy atom. The quantitative estimate of drug-likeness (QED) is 0.770. The third-order valence-electron chi connectivity index (χ3n) is 2.41. The molecule has 0 atom stereocenters. The van der Waals surface area contributed by atoms with Crippen molar-refractivity contribution in [3.8, 4) is 11.3 Å². The van der Waals surface area contributed by atoms with Gasteiger partial charge in [0.1, 0.15) is 0 Å². The molecule has 0 amide bonds. The summed E-state index contributed by atoms with van der Waals surface area (Å²) in [5, 5.41) is 3.98. The van der Waals surface area contributed by atoms with Gasteiger partial charge in [0.25, 0.3) is 0 Å². The van der Waals surface area contributed by atoms with Crippen molar-refractivity contribution in [2.75, 3.05) is 7.11 Å². The number of hydrogen-bond acceptors (Lipinski definition) is 4. The Balaban J connectivity index is 2.47. The van der Waals surface area contributed by atoms with Crippen molar-refractivity contribution in [1.82, 2.24) is 5.16 Å². The highest BCUT2D eigenvalue weighted by atomic mass is 35.5. The van der Waals surface area contributed by atoms with Crippen LogP contribution >= 0.6 is 11.6 Å². The summed E-state index contributed by atoms with van der Waals surface area (Å²) in [4.78, 5) is 11.4. The molecule has 0 N–H and O–H groups in total. The first-order valence-corrected chi connectivity index (χ1v) is 5.32. The van der Waals surface area contributed by atoms with E-state index in [9.17, 15) is 4.79 Å². The Morgan fingerprint density at radius 3 is 2.82 bits per heavy atom. The van der Waals surface area contributed by atoms with Crippen LogP contribution in [0.5, 0.6) is 0 Å². The molecule has 0 unspecified atom stereocenters. The fourth-order valence-electron chi connectivity index (χ4n) is 1.49. The van der Waals surface area contributed by atoms with E-state index in [4.69, 9.17) is 16.1 Å². The molecule has 0 aliphatic heterocycles. The molecule has 1 aromatic heterocycles. The van der Waals surface area contributed by atoms with Crippen LogP contribution in [0.4, 0.5) is 0 Å². The summed E-state index contributed by atoms with van der Waals surface area (Å²) >= 11 is 5.81. The van der Waals surface area contributed by atoms with Gasteiger partial charge in [-0.2, -0.15) is 0 Å². The highest BCUT2D eigenvalue weighted by Crippen LogP contribution is 2.28. The molecular weight excluding hydrogens is 242 g/mol. The van der Waals surface area contributed by atoms with Crippen molar-refractivity contribution < 1.29 is 14.1 Å². The predicted octanol–water partition coefficient (Wildman–Crippen LogP) is 3.09. The second-order valence-electron chi connectivity index (χ2n) is 3.50. The minimum absolute atomic E-state index is 0.323. The lowest BCUT2D eigenvalue weighted by Crippen LogP contribution is -2.00. The smallest absolute Gasteiger partial charge is 0.337 e. The molecule has 0 saturated heterocycles. The molecule has 0 aliphatic rings. The molecule has 88 valence electrons. The predicted molar refractivity (Wildman–Crippen MR) is 63.0 cm³/mol. The van der Waals surface area contributed by atoms with E-state index in [2.05, 4.69) is 9.89 Å². The molecule has 0 fully saturated rings. The van der Waals surface area contributed by atoms with E-state index in [1.54, 1.807) is 25.1 Å². The number of aromatic nitrogens is 1. The van der Waals surface area contributed by atoms with Crippen LogP contribution < -0.4 is 0 Å². The lowest BCUT2D eigenvalue weighted by Gasteiger charge is -2.01. The van der Waals surface area contributed by atoms with E-state index in [0.29, 0.717) is 16.5 Å². The van der Waals surface area contributed by atoms with Crippen LogP contribution in [-0.4, -0.2) is 18.2 Å². The number of carbonyl (C=O) groups excluding carboxylic acids is 1. The number of ether oxygens (including phenoxy) is 1. The Bertz CT molecular complexity index is 563. The van der Waals surface area contributed by atoms with Crippen molar-refractivity contribution in [1.29, 1.82) is 0 Å². The fraction of sp³-hybridized carbons (Fsp3) is 0.167. The Morgan fingerprint density at radius 1 is 1.47 bits per heavy atom. The van der Waals surface area contributed by atoms with Gasteiger partial charge < -0.3 is 9.26 Å². The van der Waals surface area contributed by atoms with Crippen LogP contribution in [-0.2, 0) is 4.74 Å². The number of rotatable bonds is 2. The summed E-state index contributed by atoms with van der Waals surface area (Å²) in [5.74, 6) is 0.163. The molecule has 0 aliphatic carbocycles. The number of halogens is 1. The molecule has 0 saturated carbocycles. The topological polar surface area (TPSA) is 52.3 Å². The molecule has 2 aromatic rings. The summed E-state index contributed by atoms with van der Waals surface area (Å²) in [7, 11) is 1.34. The maximum absolute atomic E-state index is 11.4. The Hall–Kier alpha value is -1.81. The van der Waals surface area contributed by atoms with E-state index in [1.807, 2.05) is 6.07 Å². The van der Waals surface area contributed by atoms with E-state index >= 15 is 0 Å². The molecular formula is C12H10ClNO3. The van der Waals surface area contributed by atoms with Crippen LogP contribution in [0.2, 0.25) is 5.15 Å². The fourth-order valence-corrected chi connectivity index (χ4v) is 1.61. The zero-order valence-corrected chi connectivity index (χ0v) is 10.1. The molecule has 2 rings (SSSR count). The zero-order valence-electron chi connectivity index (χ0n) is 9.36. The largest absolute Gasteiger partial charge is 0.465 e. The molecule has 17 heavy (non-hydrogen) atoms. The number of carbonyl (C=O) groups is 1. The van der Waals surface area contributed by atoms with Gasteiger partial charge in [-0.25, -0.2) is 4.79 Å². The average Bonchev–Trinajstić information content (AvgIpc) is 2.69. The molecule has 0 spiro atoms. The average molecular weight is 252 g/mol. The highest BCUT2D eigenvalue weighted by Gasteiger charge is 2.14. The van der Waals surface area contributed by atoms with Crippen molar-refractivity contribution >= 4 is 17.6 Å². The first kappa shape index (κ1) is 11.7. The Kier molecular flexibility index (Phi) is 3.15. The molecule has 5 heteroatoms. The first-order valence-electron chi connectivity index (χ1n) is 4.94. The van der Waals surface area contributed by atoms with Crippen LogP contribution in [0.15, 0.2) is 28.8 Å². The molecule has 4 nitrogen and oxygen atoms in total. The maximum atomic E-state index is 11.4. The number of benzene rings is 1. The highest BCUT2D eigenvalue weighted by molar-refractivity contribution is 6.30. The van der Waals surface area contributed by atoms with Gasteiger partial charge in [-0.3, -0.25) is 0 Å². The summed E-state index contributed by atoms with van der Waals surface area (Å²) in [6.45, 7) is 1.80. The molecule has 0 bridgehead atoms. The first-order chi connectivity index (χ1) is 8.13. The van der Waals surface area contributed by atoms with E-state index in [1.165, 1.54) is 7.11 Å². The van der Waals surface area contributed by atoms with Gasteiger partial charge in [0.15, 0.2) is 10.9 Å². The lowest BCUT2D eigenvalue weighted by atomic mass is 10.1. The van der Waals surface area contributed by atoms with Crippen molar-refractivity contribution in [3.63, 3.8) is 0 Å². The molecule has 0 radical (unpaired) electrons. The van der Waals surface area contributed by atoms with Gasteiger partial charge in [-0.15, -0.1) is 0 Å². The number of nitrogens with zero attached hydrogens (tertiary/aromatic N) is 1. The summed E-state index contributed by atoms with van der Waals surface area (Å²) in [6.07, 6.45) is 0. The van der Waals surface area contributed by atoms with Crippen LogP contribution in [0.25, 0.3) is 11.3 Å². The van der Waals surface area contributed by atoms with Gasteiger partial charge in [-0.05, 0) is 19.1 Å². The third-order valence-corrected chi connectivity index (χ3v) is 2.77. The van der Waals surface area contributed by atoms with Crippen LogP contribution in [0, 0.1) is 6.92 Å². The van der Waals surface area contributed by atoms with Crippen LogP contribution in [0.1, 0.15) is 15.9 Å². The second-order valence-corrected chi connectivity index (χ2v) is 3.86. The second kappa shape index (κ2) is 4.59. The van der Waals surface area contributed by atoms with Crippen molar-refractivity contribution in [3.05, 3.63) is 40.5 Å². The normalized spacial score (nSPS) is 10.3. The molecule has 1 heterocycles. The summed E-state index contributed by atoms with van der Waals surface area (Å²) < 4.78 is 9.77. The summed E-state index contributed by atoms with van der Waals surface area (Å²) in [6, 6.07) is 6.91. The zero-order chi connectivity index (χ0) is 12.4. The number of esters is 1. The minimum Gasteiger partial charge on any atom is -0.465 e. The number of methoxy groups -OCH3 is 1. The number of hydrogen-bond donors (Lipinski definition) is 0. The molecule has 1 aromatic carbocycles. The standard InChI is InChI=1S/C12H10ClNO3/c1-7-10(17-14-11(7)13)8-4-3-5-9(6-8)12(15)16-2/h3-6H,1-2H3. The lowest BCUT2D eigenvalue weighted by molar-refractivity contribution is 0.0601. The van der Waals surface area contributed by atoms with Crippen molar-refractivity contribution in [2.24, 2.45) is 0 Å². The van der Waals surface area contributed by atoms with Gasteiger partial charge >= 0.3 is 5.97 Å². The minimum atomic E-state index is -0.393. The maximum Gasteiger partial charge on any atom is 0.337 e. The van der Waals surface area contributed by atoms with Gasteiger partial charge in [-0.1, -0.05) is 28.9 Å². The van der Waals surface area contributed by atoms with Gasteiger partial charge in [0.05, 0.1) is 12.7 Å². The van der Waals surface area contributed by atoms with Crippen LogP contribution in [0.3, 0.4) is 0 Å². The van der Waals surface area contributed by atoms with Crippen molar-refractivity contribution in [2.45, 2.75) is 6.92 Å². The summed E-state index contributed by atoms with van der Waals surface area (Å²) in [5.41, 5.74) is 1.94. The monoisotopic (exact) mass is 251 g/mol. The van der Waals surface area contributed by atoms with E-state index in [-0.39, 0.29) is 0 Å². The third kappa shape index (κ3) is 2.17.